The Bertz CT molecular complexity index is 1350. The zero-order valence-corrected chi connectivity index (χ0v) is 21.8. The molecular weight excluding hydrogens is 546 g/mol. The highest BCUT2D eigenvalue weighted by molar-refractivity contribution is 9.10. The Morgan fingerprint density at radius 3 is 2.28 bits per heavy atom. The maximum atomic E-state index is 11.9. The minimum atomic E-state index is -1.08. The number of benzene rings is 3. The van der Waals surface area contributed by atoms with Gasteiger partial charge in [0.1, 0.15) is 28.8 Å². The number of hydrogen-bond donors (Lipinski definition) is 2. The second-order valence-electron chi connectivity index (χ2n) is 7.47. The number of carbonyl (C=O) groups is 1. The molecule has 0 unspecified atom stereocenters. The summed E-state index contributed by atoms with van der Waals surface area (Å²) in [6.07, 6.45) is 1.57. The molecule has 10 heteroatoms. The summed E-state index contributed by atoms with van der Waals surface area (Å²) < 4.78 is 17.4. The lowest BCUT2D eigenvalue weighted by Gasteiger charge is -2.07. The van der Waals surface area contributed by atoms with Crippen LogP contribution in [0.15, 0.2) is 81.3 Å². The summed E-state index contributed by atoms with van der Waals surface area (Å²) in [5, 5.41) is 17.0. The van der Waals surface area contributed by atoms with Gasteiger partial charge in [-0.1, -0.05) is 40.2 Å². The highest BCUT2D eigenvalue weighted by atomic mass is 79.9. The summed E-state index contributed by atoms with van der Waals surface area (Å²) >= 11 is 4.36. The van der Waals surface area contributed by atoms with Gasteiger partial charge in [0, 0.05) is 16.1 Å². The fraction of sp³-hybridized carbons (Fsp3) is 0.115. The predicted molar refractivity (Wildman–Crippen MR) is 141 cm³/mol. The fourth-order valence-electron chi connectivity index (χ4n) is 3.16. The van der Waals surface area contributed by atoms with Gasteiger partial charge in [-0.3, -0.25) is 5.10 Å². The number of hydrogen-bond acceptors (Lipinski definition) is 7. The maximum Gasteiger partial charge on any atom is 0.342 e. The van der Waals surface area contributed by atoms with E-state index in [1.165, 1.54) is 0 Å². The molecule has 0 atom stereocenters. The summed E-state index contributed by atoms with van der Waals surface area (Å²) in [6.45, 7) is 0.436. The number of rotatable bonds is 10. The maximum absolute atomic E-state index is 11.9. The Balaban J connectivity index is 1.45. The van der Waals surface area contributed by atoms with E-state index >= 15 is 0 Å². The number of carboxylic acid groups (broad SMARTS) is 1. The van der Waals surface area contributed by atoms with Crippen LogP contribution in [0.5, 0.6) is 17.2 Å². The predicted octanol–water partition coefficient (Wildman–Crippen LogP) is 6.05. The smallest absolute Gasteiger partial charge is 0.342 e. The van der Waals surface area contributed by atoms with E-state index in [4.69, 9.17) is 14.2 Å². The summed E-state index contributed by atoms with van der Waals surface area (Å²) in [5.74, 6) is 1.28. The number of ether oxygens (including phenoxy) is 3. The van der Waals surface area contributed by atoms with E-state index in [9.17, 15) is 9.90 Å². The van der Waals surface area contributed by atoms with Gasteiger partial charge in [0.2, 0.25) is 5.16 Å². The standard InChI is InChI=1S/C26H22BrN3O5S/c1-33-21-12-18(13-22(14-21)34-2)24-28-26(30-29-24)36-23(25(31)32)11-16-5-9-20(10-6-16)35-15-17-3-7-19(27)8-4-17/h3-14H,15H2,1-2H3,(H,31,32)(H,28,29,30)/b23-11-. The number of aromatic amines is 1. The molecule has 0 spiro atoms. The van der Waals surface area contributed by atoms with Crippen molar-refractivity contribution in [3.63, 3.8) is 0 Å². The molecule has 0 bridgehead atoms. The molecule has 0 radical (unpaired) electrons. The minimum absolute atomic E-state index is 0.0762. The first-order valence-electron chi connectivity index (χ1n) is 10.7. The van der Waals surface area contributed by atoms with Crippen LogP contribution < -0.4 is 14.2 Å². The van der Waals surface area contributed by atoms with E-state index in [1.54, 1.807) is 62.8 Å². The van der Waals surface area contributed by atoms with Gasteiger partial charge in [-0.05, 0) is 65.4 Å². The lowest BCUT2D eigenvalue weighted by molar-refractivity contribution is -0.131. The number of aromatic nitrogens is 3. The second-order valence-corrected chi connectivity index (χ2v) is 9.39. The van der Waals surface area contributed by atoms with Gasteiger partial charge < -0.3 is 19.3 Å². The van der Waals surface area contributed by atoms with E-state index < -0.39 is 5.97 Å². The Kier molecular flexibility index (Phi) is 8.29. The first-order chi connectivity index (χ1) is 17.4. The molecule has 0 aliphatic rings. The Morgan fingerprint density at radius 2 is 1.67 bits per heavy atom. The van der Waals surface area contributed by atoms with E-state index in [2.05, 4.69) is 31.1 Å². The van der Waals surface area contributed by atoms with Crippen LogP contribution in [0.1, 0.15) is 11.1 Å². The topological polar surface area (TPSA) is 107 Å². The van der Waals surface area contributed by atoms with Gasteiger partial charge in [0.25, 0.3) is 0 Å². The molecule has 36 heavy (non-hydrogen) atoms. The van der Waals surface area contributed by atoms with Gasteiger partial charge in [0.05, 0.1) is 14.2 Å². The third-order valence-electron chi connectivity index (χ3n) is 5.00. The van der Waals surface area contributed by atoms with Crippen molar-refractivity contribution in [1.82, 2.24) is 15.2 Å². The minimum Gasteiger partial charge on any atom is -0.497 e. The summed E-state index contributed by atoms with van der Waals surface area (Å²) in [7, 11) is 3.12. The van der Waals surface area contributed by atoms with Gasteiger partial charge >= 0.3 is 5.97 Å². The highest BCUT2D eigenvalue weighted by Crippen LogP contribution is 2.31. The third kappa shape index (κ3) is 6.67. The molecule has 184 valence electrons. The largest absolute Gasteiger partial charge is 0.497 e. The van der Waals surface area contributed by atoms with Crippen molar-refractivity contribution in [1.29, 1.82) is 0 Å². The molecule has 8 nitrogen and oxygen atoms in total. The van der Waals surface area contributed by atoms with Gasteiger partial charge in [-0.15, -0.1) is 5.10 Å². The normalized spacial score (nSPS) is 11.2. The molecular formula is C26H22BrN3O5S. The summed E-state index contributed by atoms with van der Waals surface area (Å²) in [4.78, 5) is 16.4. The molecule has 0 fully saturated rings. The number of thioether (sulfide) groups is 1. The quantitative estimate of drug-likeness (QED) is 0.176. The molecule has 0 amide bonds. The first-order valence-corrected chi connectivity index (χ1v) is 12.3. The third-order valence-corrected chi connectivity index (χ3v) is 6.40. The number of nitrogens with zero attached hydrogens (tertiary/aromatic N) is 2. The van der Waals surface area contributed by atoms with Crippen molar-refractivity contribution in [3.05, 3.63) is 87.2 Å². The van der Waals surface area contributed by atoms with Crippen molar-refractivity contribution in [2.24, 2.45) is 0 Å². The monoisotopic (exact) mass is 567 g/mol. The molecule has 0 saturated carbocycles. The lowest BCUT2D eigenvalue weighted by Crippen LogP contribution is -1.97. The van der Waals surface area contributed by atoms with Crippen LogP contribution in [0.3, 0.4) is 0 Å². The molecule has 1 aromatic heterocycles. The molecule has 2 N–H and O–H groups in total. The van der Waals surface area contributed by atoms with E-state index in [-0.39, 0.29) is 10.1 Å². The van der Waals surface area contributed by atoms with Crippen LogP contribution in [0.25, 0.3) is 17.5 Å². The molecule has 4 rings (SSSR count). The van der Waals surface area contributed by atoms with Crippen molar-refractivity contribution in [2.75, 3.05) is 14.2 Å². The van der Waals surface area contributed by atoms with Crippen LogP contribution in [0.2, 0.25) is 0 Å². The Morgan fingerprint density at radius 1 is 1.00 bits per heavy atom. The molecule has 0 saturated heterocycles. The van der Waals surface area contributed by atoms with Crippen molar-refractivity contribution in [2.45, 2.75) is 11.8 Å². The molecule has 3 aromatic carbocycles. The van der Waals surface area contributed by atoms with Crippen molar-refractivity contribution >= 4 is 39.7 Å². The van der Waals surface area contributed by atoms with Gasteiger partial charge in [-0.2, -0.15) is 0 Å². The van der Waals surface area contributed by atoms with Crippen LogP contribution in [-0.4, -0.2) is 40.5 Å². The van der Waals surface area contributed by atoms with Crippen LogP contribution in [0, 0.1) is 0 Å². The SMILES string of the molecule is COc1cc(OC)cc(-c2nc(S/C(=C\c3ccc(OCc4ccc(Br)cc4)cc3)C(=O)O)n[nH]2)c1. The number of H-pyrrole nitrogens is 1. The Hall–Kier alpha value is -3.76. The zero-order valence-electron chi connectivity index (χ0n) is 19.4. The van der Waals surface area contributed by atoms with Crippen LogP contribution in [0.4, 0.5) is 0 Å². The number of carboxylic acids is 1. The highest BCUT2D eigenvalue weighted by Gasteiger charge is 2.15. The number of nitrogens with one attached hydrogen (secondary N) is 1. The Labute approximate surface area is 220 Å². The first kappa shape index (κ1) is 25.3. The molecule has 0 aliphatic carbocycles. The van der Waals surface area contributed by atoms with E-state index in [0.29, 0.717) is 40.8 Å². The summed E-state index contributed by atoms with van der Waals surface area (Å²) in [5.41, 5.74) is 2.46. The molecule has 4 aromatic rings. The fourth-order valence-corrected chi connectivity index (χ4v) is 4.13. The number of halogens is 1. The van der Waals surface area contributed by atoms with Crippen molar-refractivity contribution < 1.29 is 24.1 Å². The lowest BCUT2D eigenvalue weighted by atomic mass is 10.2. The number of aliphatic carboxylic acids is 1. The van der Waals surface area contributed by atoms with E-state index in [1.807, 2.05) is 24.3 Å². The zero-order chi connectivity index (χ0) is 25.5. The molecule has 0 aliphatic heterocycles. The van der Waals surface area contributed by atoms with Crippen molar-refractivity contribution in [3.8, 4) is 28.6 Å². The van der Waals surface area contributed by atoms with Gasteiger partial charge in [0.15, 0.2) is 5.82 Å². The van der Waals surface area contributed by atoms with E-state index in [0.717, 1.165) is 21.8 Å². The van der Waals surface area contributed by atoms with Gasteiger partial charge in [-0.25, -0.2) is 9.78 Å². The number of methoxy groups -OCH3 is 2. The van der Waals surface area contributed by atoms with Crippen LogP contribution >= 0.6 is 27.7 Å². The van der Waals surface area contributed by atoms with Crippen LogP contribution in [-0.2, 0) is 11.4 Å². The second kappa shape index (κ2) is 11.8. The molecule has 1 heterocycles. The average Bonchev–Trinajstić information content (AvgIpc) is 3.37. The average molecular weight is 568 g/mol. The summed E-state index contributed by atoms with van der Waals surface area (Å²) in [6, 6.07) is 20.4.